The highest BCUT2D eigenvalue weighted by molar-refractivity contribution is 5.97. The molecule has 0 aliphatic rings. The van der Waals surface area contributed by atoms with Gasteiger partial charge in [0.15, 0.2) is 6.61 Å². The van der Waals surface area contributed by atoms with Crippen LogP contribution in [0.25, 0.3) is 0 Å². The van der Waals surface area contributed by atoms with Gasteiger partial charge in [0.25, 0.3) is 11.8 Å². The van der Waals surface area contributed by atoms with Gasteiger partial charge in [0.05, 0.1) is 0 Å². The molecule has 1 aromatic rings. The van der Waals surface area contributed by atoms with Crippen LogP contribution in [0.4, 0.5) is 0 Å². The zero-order chi connectivity index (χ0) is 21.5. The molecule has 2 atom stereocenters. The summed E-state index contributed by atoms with van der Waals surface area (Å²) in [4.78, 5) is 36.7. The number of rotatable bonds is 8. The number of amides is 2. The molecule has 0 aliphatic carbocycles. The van der Waals surface area contributed by atoms with Crippen molar-refractivity contribution >= 4 is 17.8 Å². The molecule has 0 fully saturated rings. The average molecular weight is 391 g/mol. The molecule has 2 amide bonds. The van der Waals surface area contributed by atoms with Gasteiger partial charge in [0.2, 0.25) is 0 Å². The van der Waals surface area contributed by atoms with Crippen LogP contribution in [0, 0.1) is 5.92 Å². The van der Waals surface area contributed by atoms with Crippen molar-refractivity contribution in [1.29, 1.82) is 0 Å². The lowest BCUT2D eigenvalue weighted by molar-refractivity contribution is -0.151. The molecule has 6 heteroatoms. The molecule has 0 unspecified atom stereocenters. The third-order valence-electron chi connectivity index (χ3n) is 4.59. The summed E-state index contributed by atoms with van der Waals surface area (Å²) in [6.45, 7) is 13.4. The maximum Gasteiger partial charge on any atom is 0.329 e. The van der Waals surface area contributed by atoms with Gasteiger partial charge in [-0.3, -0.25) is 9.59 Å². The van der Waals surface area contributed by atoms with Gasteiger partial charge in [-0.25, -0.2) is 4.79 Å². The van der Waals surface area contributed by atoms with Gasteiger partial charge in [-0.2, -0.15) is 0 Å². The van der Waals surface area contributed by atoms with Crippen molar-refractivity contribution < 1.29 is 19.1 Å². The van der Waals surface area contributed by atoms with Gasteiger partial charge in [0, 0.05) is 11.6 Å². The van der Waals surface area contributed by atoms with E-state index in [1.54, 1.807) is 12.1 Å². The number of carbonyl (C=O) groups is 3. The molecule has 1 rings (SSSR count). The van der Waals surface area contributed by atoms with Crippen LogP contribution in [-0.4, -0.2) is 36.5 Å². The Hall–Kier alpha value is -2.37. The van der Waals surface area contributed by atoms with E-state index >= 15 is 0 Å². The summed E-state index contributed by atoms with van der Waals surface area (Å²) in [6.07, 6.45) is 0.790. The lowest BCUT2D eigenvalue weighted by Gasteiger charge is -2.22. The van der Waals surface area contributed by atoms with E-state index in [1.807, 2.05) is 39.8 Å². The Bertz CT molecular complexity index is 675. The van der Waals surface area contributed by atoms with Crippen molar-refractivity contribution in [1.82, 2.24) is 10.6 Å². The molecule has 6 nitrogen and oxygen atoms in total. The quantitative estimate of drug-likeness (QED) is 0.668. The number of esters is 1. The van der Waals surface area contributed by atoms with E-state index < -0.39 is 12.0 Å². The van der Waals surface area contributed by atoms with Gasteiger partial charge in [-0.1, -0.05) is 53.7 Å². The SMILES string of the molecule is CC[C@H](C)NC(=O)COC(=O)[C@@H](NC(=O)c1ccc(C(C)(C)C)cc1)C(C)C. The largest absolute Gasteiger partial charge is 0.454 e. The summed E-state index contributed by atoms with van der Waals surface area (Å²) < 4.78 is 5.11. The lowest BCUT2D eigenvalue weighted by atomic mass is 9.86. The standard InChI is InChI=1S/C22H34N2O4/c1-8-15(4)23-18(25)13-28-21(27)19(14(2)3)24-20(26)16-9-11-17(12-10-16)22(5,6)7/h9-12,14-15,19H,8,13H2,1-7H3,(H,23,25)(H,24,26)/t15-,19-/m0/s1. The van der Waals surface area contributed by atoms with E-state index in [2.05, 4.69) is 31.4 Å². The van der Waals surface area contributed by atoms with Crippen LogP contribution in [0.2, 0.25) is 0 Å². The Morgan fingerprint density at radius 1 is 1.00 bits per heavy atom. The highest BCUT2D eigenvalue weighted by Crippen LogP contribution is 2.22. The molecule has 1 aromatic carbocycles. The van der Waals surface area contributed by atoms with E-state index in [1.165, 1.54) is 0 Å². The first-order valence-electron chi connectivity index (χ1n) is 9.83. The zero-order valence-electron chi connectivity index (χ0n) is 18.1. The Labute approximate surface area is 168 Å². The fourth-order valence-corrected chi connectivity index (χ4v) is 2.49. The molecular formula is C22H34N2O4. The second kappa shape index (κ2) is 10.2. The smallest absolute Gasteiger partial charge is 0.329 e. The minimum atomic E-state index is -0.828. The molecule has 2 N–H and O–H groups in total. The van der Waals surface area contributed by atoms with E-state index in [0.29, 0.717) is 5.56 Å². The molecule has 0 radical (unpaired) electrons. The maximum atomic E-state index is 12.5. The molecule has 0 aliphatic heterocycles. The Balaban J connectivity index is 2.72. The first-order valence-corrected chi connectivity index (χ1v) is 9.83. The van der Waals surface area contributed by atoms with Crippen molar-refractivity contribution in [3.05, 3.63) is 35.4 Å². The van der Waals surface area contributed by atoms with Crippen LogP contribution < -0.4 is 10.6 Å². The number of benzene rings is 1. The maximum absolute atomic E-state index is 12.5. The molecule has 28 heavy (non-hydrogen) atoms. The van der Waals surface area contributed by atoms with Crippen LogP contribution in [0.15, 0.2) is 24.3 Å². The average Bonchev–Trinajstić information content (AvgIpc) is 2.62. The summed E-state index contributed by atoms with van der Waals surface area (Å²) in [6, 6.07) is 6.51. The third kappa shape index (κ3) is 7.33. The number of nitrogens with one attached hydrogen (secondary N) is 2. The van der Waals surface area contributed by atoms with E-state index in [9.17, 15) is 14.4 Å². The molecular weight excluding hydrogens is 356 g/mol. The number of hydrogen-bond donors (Lipinski definition) is 2. The van der Waals surface area contributed by atoms with Crippen molar-refractivity contribution in [2.75, 3.05) is 6.61 Å². The van der Waals surface area contributed by atoms with Crippen LogP contribution in [0.3, 0.4) is 0 Å². The van der Waals surface area contributed by atoms with Crippen molar-refractivity contribution in [3.8, 4) is 0 Å². The number of ether oxygens (including phenoxy) is 1. The summed E-state index contributed by atoms with van der Waals surface area (Å²) in [5.74, 6) is -1.49. The molecule has 0 bridgehead atoms. The predicted molar refractivity (Wildman–Crippen MR) is 110 cm³/mol. The Morgan fingerprint density at radius 2 is 1.57 bits per heavy atom. The normalized spacial score (nSPS) is 13.6. The molecule has 0 aromatic heterocycles. The topological polar surface area (TPSA) is 84.5 Å². The monoisotopic (exact) mass is 390 g/mol. The van der Waals surface area contributed by atoms with E-state index in [0.717, 1.165) is 12.0 Å². The molecule has 0 heterocycles. The van der Waals surface area contributed by atoms with Gasteiger partial charge >= 0.3 is 5.97 Å². The zero-order valence-corrected chi connectivity index (χ0v) is 18.1. The Morgan fingerprint density at radius 3 is 2.04 bits per heavy atom. The number of carbonyl (C=O) groups excluding carboxylic acids is 3. The fourth-order valence-electron chi connectivity index (χ4n) is 2.49. The highest BCUT2D eigenvalue weighted by atomic mass is 16.5. The van der Waals surface area contributed by atoms with Crippen molar-refractivity contribution in [3.63, 3.8) is 0 Å². The first-order chi connectivity index (χ1) is 13.0. The minimum absolute atomic E-state index is 0.00484. The van der Waals surface area contributed by atoms with Gasteiger partial charge in [-0.15, -0.1) is 0 Å². The minimum Gasteiger partial charge on any atom is -0.454 e. The summed E-state index contributed by atoms with van der Waals surface area (Å²) in [5.41, 5.74) is 1.59. The lowest BCUT2D eigenvalue weighted by Crippen LogP contribution is -2.46. The molecule has 156 valence electrons. The third-order valence-corrected chi connectivity index (χ3v) is 4.59. The van der Waals surface area contributed by atoms with Crippen molar-refractivity contribution in [2.45, 2.75) is 72.4 Å². The van der Waals surface area contributed by atoms with Crippen LogP contribution in [0.1, 0.15) is 70.8 Å². The van der Waals surface area contributed by atoms with Crippen LogP contribution in [-0.2, 0) is 19.7 Å². The summed E-state index contributed by atoms with van der Waals surface area (Å²) in [5, 5.41) is 5.45. The molecule has 0 saturated heterocycles. The molecule has 0 spiro atoms. The van der Waals surface area contributed by atoms with Crippen molar-refractivity contribution in [2.24, 2.45) is 5.92 Å². The van der Waals surface area contributed by atoms with Gasteiger partial charge < -0.3 is 15.4 Å². The van der Waals surface area contributed by atoms with E-state index in [-0.39, 0.29) is 35.8 Å². The van der Waals surface area contributed by atoms with E-state index in [4.69, 9.17) is 4.74 Å². The van der Waals surface area contributed by atoms with Crippen LogP contribution in [0.5, 0.6) is 0 Å². The summed E-state index contributed by atoms with van der Waals surface area (Å²) in [7, 11) is 0. The van der Waals surface area contributed by atoms with Gasteiger partial charge in [0.1, 0.15) is 6.04 Å². The number of hydrogen-bond acceptors (Lipinski definition) is 4. The Kier molecular flexibility index (Phi) is 8.66. The first kappa shape index (κ1) is 23.7. The van der Waals surface area contributed by atoms with Crippen LogP contribution >= 0.6 is 0 Å². The summed E-state index contributed by atoms with van der Waals surface area (Å²) >= 11 is 0. The fraction of sp³-hybridized carbons (Fsp3) is 0.591. The molecule has 0 saturated carbocycles. The highest BCUT2D eigenvalue weighted by Gasteiger charge is 2.27. The second-order valence-electron chi connectivity index (χ2n) is 8.51. The predicted octanol–water partition coefficient (Wildman–Crippen LogP) is 3.20. The second-order valence-corrected chi connectivity index (χ2v) is 8.51. The van der Waals surface area contributed by atoms with Gasteiger partial charge in [-0.05, 0) is 42.4 Å².